The summed E-state index contributed by atoms with van der Waals surface area (Å²) in [6, 6.07) is 12.8. The maximum atomic E-state index is 13.9. The molecule has 1 fully saturated rings. The van der Waals surface area contributed by atoms with Gasteiger partial charge in [0.05, 0.1) is 13.2 Å². The van der Waals surface area contributed by atoms with Gasteiger partial charge in [-0.05, 0) is 29.8 Å². The first kappa shape index (κ1) is 18.6. The van der Waals surface area contributed by atoms with Crippen molar-refractivity contribution >= 4 is 16.7 Å². The van der Waals surface area contributed by atoms with Crippen molar-refractivity contribution in [3.05, 3.63) is 60.2 Å². The van der Waals surface area contributed by atoms with E-state index in [-0.39, 0.29) is 5.82 Å². The van der Waals surface area contributed by atoms with Crippen LogP contribution in [0.2, 0.25) is 0 Å². The lowest BCUT2D eigenvalue weighted by Gasteiger charge is -2.26. The van der Waals surface area contributed by atoms with Crippen molar-refractivity contribution in [2.24, 2.45) is 0 Å². The van der Waals surface area contributed by atoms with Crippen LogP contribution in [0.15, 0.2) is 48.8 Å². The molecule has 0 atom stereocenters. The van der Waals surface area contributed by atoms with E-state index in [1.165, 1.54) is 12.4 Å². The Bertz CT molecular complexity index is 931. The van der Waals surface area contributed by atoms with Crippen LogP contribution in [0.3, 0.4) is 0 Å². The summed E-state index contributed by atoms with van der Waals surface area (Å²) in [5.74, 6) is 1.10. The summed E-state index contributed by atoms with van der Waals surface area (Å²) in [7, 11) is 0. The highest BCUT2D eigenvalue weighted by molar-refractivity contribution is 5.89. The molecule has 146 valence electrons. The Hall–Kier alpha value is -2.77. The lowest BCUT2D eigenvalue weighted by atomic mass is 10.2. The Morgan fingerprint density at radius 3 is 2.86 bits per heavy atom. The second-order valence-electron chi connectivity index (χ2n) is 6.66. The van der Waals surface area contributed by atoms with Gasteiger partial charge in [0, 0.05) is 31.6 Å². The second kappa shape index (κ2) is 8.95. The van der Waals surface area contributed by atoms with E-state index in [1.54, 1.807) is 6.07 Å². The van der Waals surface area contributed by atoms with E-state index in [0.717, 1.165) is 44.2 Å². The Kier molecular flexibility index (Phi) is 5.94. The van der Waals surface area contributed by atoms with E-state index in [0.29, 0.717) is 29.9 Å². The minimum atomic E-state index is -0.349. The van der Waals surface area contributed by atoms with Gasteiger partial charge in [-0.15, -0.1) is 0 Å². The van der Waals surface area contributed by atoms with Crippen LogP contribution in [0.5, 0.6) is 5.75 Å². The van der Waals surface area contributed by atoms with Gasteiger partial charge in [-0.2, -0.15) is 0 Å². The Labute approximate surface area is 163 Å². The highest BCUT2D eigenvalue weighted by atomic mass is 19.1. The molecule has 7 heteroatoms. The zero-order valence-electron chi connectivity index (χ0n) is 15.6. The molecule has 1 aliphatic heterocycles. The van der Waals surface area contributed by atoms with E-state index >= 15 is 0 Å². The highest BCUT2D eigenvalue weighted by Gasteiger charge is 2.10. The molecular weight excluding hydrogens is 359 g/mol. The van der Waals surface area contributed by atoms with E-state index < -0.39 is 0 Å². The Balaban J connectivity index is 1.35. The summed E-state index contributed by atoms with van der Waals surface area (Å²) in [6.45, 7) is 5.60. The van der Waals surface area contributed by atoms with Crippen molar-refractivity contribution in [1.82, 2.24) is 14.9 Å². The molecule has 0 aliphatic carbocycles. The summed E-state index contributed by atoms with van der Waals surface area (Å²) < 4.78 is 25.1. The van der Waals surface area contributed by atoms with Gasteiger partial charge >= 0.3 is 0 Å². The van der Waals surface area contributed by atoms with E-state index in [2.05, 4.69) is 20.2 Å². The largest absolute Gasteiger partial charge is 0.492 e. The number of nitrogens with zero attached hydrogens (tertiary/aromatic N) is 3. The number of nitrogens with one attached hydrogen (secondary N) is 1. The normalized spacial score (nSPS) is 14.9. The van der Waals surface area contributed by atoms with Gasteiger partial charge in [0.15, 0.2) is 0 Å². The number of fused-ring (bicyclic) bond motifs is 1. The minimum Gasteiger partial charge on any atom is -0.492 e. The molecule has 1 aromatic heterocycles. The number of aromatic nitrogens is 2. The molecule has 3 aromatic rings. The van der Waals surface area contributed by atoms with Gasteiger partial charge in [-0.3, -0.25) is 4.90 Å². The molecule has 6 nitrogen and oxygen atoms in total. The van der Waals surface area contributed by atoms with Crippen LogP contribution in [0.4, 0.5) is 10.2 Å². The summed E-state index contributed by atoms with van der Waals surface area (Å²) in [5.41, 5.74) is 1.38. The molecule has 0 saturated carbocycles. The van der Waals surface area contributed by atoms with E-state index in [1.807, 2.05) is 30.3 Å². The number of anilines is 1. The second-order valence-corrected chi connectivity index (χ2v) is 6.66. The SMILES string of the molecule is Fc1cccc2c(NCc3cccc(OCCN4CCOCC4)c3)ncnc12. The predicted molar refractivity (Wildman–Crippen MR) is 106 cm³/mol. The number of hydrogen-bond acceptors (Lipinski definition) is 6. The number of morpholine rings is 1. The number of halogens is 1. The third kappa shape index (κ3) is 4.55. The molecule has 1 N–H and O–H groups in total. The zero-order chi connectivity index (χ0) is 19.2. The molecule has 0 spiro atoms. The predicted octanol–water partition coefficient (Wildman–Crippen LogP) is 3.09. The number of benzene rings is 2. The molecule has 0 radical (unpaired) electrons. The highest BCUT2D eigenvalue weighted by Crippen LogP contribution is 2.22. The molecule has 4 rings (SSSR count). The van der Waals surface area contributed by atoms with Crippen LogP contribution in [0.1, 0.15) is 5.56 Å². The molecule has 28 heavy (non-hydrogen) atoms. The average molecular weight is 382 g/mol. The molecule has 0 bridgehead atoms. The summed E-state index contributed by atoms with van der Waals surface area (Å²) in [5, 5.41) is 3.94. The standard InChI is InChI=1S/C21H23FN4O2/c22-19-6-2-5-18-20(19)24-15-25-21(18)23-14-16-3-1-4-17(13-16)28-12-9-26-7-10-27-11-8-26/h1-6,13,15H,7-12,14H2,(H,23,24,25). The van der Waals surface area contributed by atoms with Crippen LogP contribution < -0.4 is 10.1 Å². The molecule has 2 aromatic carbocycles. The zero-order valence-corrected chi connectivity index (χ0v) is 15.6. The fourth-order valence-electron chi connectivity index (χ4n) is 3.24. The summed E-state index contributed by atoms with van der Waals surface area (Å²) >= 11 is 0. The molecule has 0 amide bonds. The third-order valence-electron chi connectivity index (χ3n) is 4.75. The van der Waals surface area contributed by atoms with Crippen molar-refractivity contribution in [3.63, 3.8) is 0 Å². The maximum absolute atomic E-state index is 13.9. The summed E-state index contributed by atoms with van der Waals surface area (Å²) in [4.78, 5) is 10.6. The van der Waals surface area contributed by atoms with Crippen LogP contribution >= 0.6 is 0 Å². The number of rotatable bonds is 7. The monoisotopic (exact) mass is 382 g/mol. The van der Waals surface area contributed by atoms with Gasteiger partial charge in [-0.25, -0.2) is 14.4 Å². The maximum Gasteiger partial charge on any atom is 0.149 e. The van der Waals surface area contributed by atoms with Gasteiger partial charge in [0.1, 0.15) is 35.8 Å². The van der Waals surface area contributed by atoms with Gasteiger partial charge in [0.25, 0.3) is 0 Å². The van der Waals surface area contributed by atoms with Crippen LogP contribution in [-0.4, -0.2) is 54.3 Å². The fourth-order valence-corrected chi connectivity index (χ4v) is 3.24. The van der Waals surface area contributed by atoms with Crippen molar-refractivity contribution in [2.75, 3.05) is 44.8 Å². The first-order valence-electron chi connectivity index (χ1n) is 9.44. The van der Waals surface area contributed by atoms with Crippen molar-refractivity contribution in [1.29, 1.82) is 0 Å². The van der Waals surface area contributed by atoms with Crippen molar-refractivity contribution < 1.29 is 13.9 Å². The van der Waals surface area contributed by atoms with Crippen LogP contribution in [-0.2, 0) is 11.3 Å². The quantitative estimate of drug-likeness (QED) is 0.678. The number of para-hydroxylation sites is 1. The summed E-state index contributed by atoms with van der Waals surface area (Å²) in [6.07, 6.45) is 1.37. The van der Waals surface area contributed by atoms with Gasteiger partial charge < -0.3 is 14.8 Å². The number of ether oxygens (including phenoxy) is 2. The molecule has 0 unspecified atom stereocenters. The van der Waals surface area contributed by atoms with E-state index in [9.17, 15) is 4.39 Å². The van der Waals surface area contributed by atoms with Crippen molar-refractivity contribution in [3.8, 4) is 5.75 Å². The topological polar surface area (TPSA) is 59.5 Å². The smallest absolute Gasteiger partial charge is 0.149 e. The third-order valence-corrected chi connectivity index (χ3v) is 4.75. The first-order chi connectivity index (χ1) is 13.8. The van der Waals surface area contributed by atoms with E-state index in [4.69, 9.17) is 9.47 Å². The van der Waals surface area contributed by atoms with Crippen LogP contribution in [0, 0.1) is 5.82 Å². The average Bonchev–Trinajstić information content (AvgIpc) is 2.74. The molecule has 2 heterocycles. The lowest BCUT2D eigenvalue weighted by molar-refractivity contribution is 0.0322. The van der Waals surface area contributed by atoms with Gasteiger partial charge in [-0.1, -0.05) is 18.2 Å². The Morgan fingerprint density at radius 1 is 1.11 bits per heavy atom. The minimum absolute atomic E-state index is 0.320. The fraction of sp³-hybridized carbons (Fsp3) is 0.333. The molecular formula is C21H23FN4O2. The molecule has 1 aliphatic rings. The first-order valence-corrected chi connectivity index (χ1v) is 9.44. The lowest BCUT2D eigenvalue weighted by Crippen LogP contribution is -2.38. The Morgan fingerprint density at radius 2 is 1.96 bits per heavy atom. The van der Waals surface area contributed by atoms with Crippen molar-refractivity contribution in [2.45, 2.75) is 6.54 Å². The van der Waals surface area contributed by atoms with Crippen LogP contribution in [0.25, 0.3) is 10.9 Å². The molecule has 1 saturated heterocycles. The van der Waals surface area contributed by atoms with Gasteiger partial charge in [0.2, 0.25) is 0 Å². The number of hydrogen-bond donors (Lipinski definition) is 1.